The van der Waals surface area contributed by atoms with Crippen LogP contribution in [0.2, 0.25) is 0 Å². The van der Waals surface area contributed by atoms with Gasteiger partial charge in [0.15, 0.2) is 0 Å². The summed E-state index contributed by atoms with van der Waals surface area (Å²) in [6, 6.07) is 4.03. The van der Waals surface area contributed by atoms with E-state index in [1.165, 1.54) is 0 Å². The first-order valence-electron chi connectivity index (χ1n) is 5.39. The first-order valence-corrected chi connectivity index (χ1v) is 5.39. The van der Waals surface area contributed by atoms with Gasteiger partial charge in [0.1, 0.15) is 11.9 Å². The van der Waals surface area contributed by atoms with Crippen LogP contribution in [0.1, 0.15) is 17.5 Å². The lowest BCUT2D eigenvalue weighted by Crippen LogP contribution is -2.17. The first kappa shape index (κ1) is 12.5. The van der Waals surface area contributed by atoms with Crippen molar-refractivity contribution < 1.29 is 0 Å². The fourth-order valence-corrected chi connectivity index (χ4v) is 1.44. The number of nitrogens with zero attached hydrogens (tertiary/aromatic N) is 3. The number of rotatable bonds is 5. The molecule has 86 valence electrons. The predicted octanol–water partition coefficient (Wildman–Crippen LogP) is 1.63. The molecule has 0 unspecified atom stereocenters. The average Bonchev–Trinajstić information content (AvgIpc) is 2.24. The molecule has 0 amide bonds. The van der Waals surface area contributed by atoms with Crippen LogP contribution < -0.4 is 5.32 Å². The molecule has 1 N–H and O–H groups in total. The number of anilines is 1. The van der Waals surface area contributed by atoms with Crippen LogP contribution in [0.25, 0.3) is 0 Å². The predicted molar refractivity (Wildman–Crippen MR) is 65.3 cm³/mol. The van der Waals surface area contributed by atoms with Gasteiger partial charge in [0.05, 0.1) is 5.56 Å². The van der Waals surface area contributed by atoms with E-state index in [0.29, 0.717) is 11.4 Å². The Morgan fingerprint density at radius 3 is 2.88 bits per heavy atom. The molecule has 4 nitrogen and oxygen atoms in total. The molecule has 0 saturated heterocycles. The van der Waals surface area contributed by atoms with E-state index >= 15 is 0 Å². The molecule has 0 saturated carbocycles. The summed E-state index contributed by atoms with van der Waals surface area (Å²) in [6.45, 7) is 3.79. The Hall–Kier alpha value is -1.60. The largest absolute Gasteiger partial charge is 0.369 e. The summed E-state index contributed by atoms with van der Waals surface area (Å²) >= 11 is 0. The Morgan fingerprint density at radius 1 is 1.50 bits per heavy atom. The number of aromatic nitrogens is 1. The van der Waals surface area contributed by atoms with Gasteiger partial charge in [-0.15, -0.1) is 0 Å². The number of nitrogens with one attached hydrogen (secondary N) is 1. The van der Waals surface area contributed by atoms with Gasteiger partial charge < -0.3 is 10.2 Å². The Bertz CT molecular complexity index is 379. The smallest absolute Gasteiger partial charge is 0.144 e. The van der Waals surface area contributed by atoms with Crippen LogP contribution in [-0.2, 0) is 0 Å². The highest BCUT2D eigenvalue weighted by Crippen LogP contribution is 2.14. The molecule has 0 radical (unpaired) electrons. The molecule has 4 heteroatoms. The molecule has 0 fully saturated rings. The van der Waals surface area contributed by atoms with Crippen molar-refractivity contribution in [3.63, 3.8) is 0 Å². The van der Waals surface area contributed by atoms with Crippen molar-refractivity contribution in [3.05, 3.63) is 23.4 Å². The highest BCUT2D eigenvalue weighted by molar-refractivity contribution is 5.55. The van der Waals surface area contributed by atoms with Gasteiger partial charge in [-0.1, -0.05) is 0 Å². The molecule has 0 atom stereocenters. The summed E-state index contributed by atoms with van der Waals surface area (Å²) in [5.41, 5.74) is 1.61. The van der Waals surface area contributed by atoms with Crippen LogP contribution >= 0.6 is 0 Å². The van der Waals surface area contributed by atoms with E-state index < -0.39 is 0 Å². The summed E-state index contributed by atoms with van der Waals surface area (Å²) in [5, 5.41) is 12.2. The van der Waals surface area contributed by atoms with Gasteiger partial charge in [-0.2, -0.15) is 5.26 Å². The van der Waals surface area contributed by atoms with Crippen LogP contribution in [0.15, 0.2) is 12.3 Å². The minimum atomic E-state index is 0.646. The normalized spacial score (nSPS) is 10.2. The maximum Gasteiger partial charge on any atom is 0.144 e. The zero-order valence-corrected chi connectivity index (χ0v) is 10.1. The van der Waals surface area contributed by atoms with Gasteiger partial charge in [0.2, 0.25) is 0 Å². The van der Waals surface area contributed by atoms with Gasteiger partial charge in [0, 0.05) is 12.7 Å². The summed E-state index contributed by atoms with van der Waals surface area (Å²) in [7, 11) is 4.09. The number of hydrogen-bond donors (Lipinski definition) is 1. The molecule has 0 aliphatic heterocycles. The van der Waals surface area contributed by atoms with Crippen LogP contribution in [0.3, 0.4) is 0 Å². The summed E-state index contributed by atoms with van der Waals surface area (Å²) in [5.74, 6) is 0.696. The van der Waals surface area contributed by atoms with Crippen molar-refractivity contribution in [2.75, 3.05) is 32.5 Å². The third kappa shape index (κ3) is 3.52. The molecule has 0 aliphatic rings. The molecule has 0 aromatic carbocycles. The Kier molecular flexibility index (Phi) is 4.74. The minimum absolute atomic E-state index is 0.646. The molecule has 1 aromatic heterocycles. The van der Waals surface area contributed by atoms with Gasteiger partial charge in [-0.05, 0) is 45.6 Å². The molecule has 0 spiro atoms. The third-order valence-corrected chi connectivity index (χ3v) is 2.35. The molecule has 0 aliphatic carbocycles. The molecule has 0 bridgehead atoms. The molecular formula is C12H18N4. The lowest BCUT2D eigenvalue weighted by Gasteiger charge is -2.11. The van der Waals surface area contributed by atoms with E-state index in [9.17, 15) is 0 Å². The maximum atomic E-state index is 9.01. The third-order valence-electron chi connectivity index (χ3n) is 2.35. The van der Waals surface area contributed by atoms with Crippen LogP contribution in [0.4, 0.5) is 5.82 Å². The number of pyridine rings is 1. The zero-order chi connectivity index (χ0) is 12.0. The summed E-state index contributed by atoms with van der Waals surface area (Å²) in [4.78, 5) is 6.32. The first-order chi connectivity index (χ1) is 7.65. The second-order valence-corrected chi connectivity index (χ2v) is 4.05. The Morgan fingerprint density at radius 2 is 2.25 bits per heavy atom. The molecule has 1 aromatic rings. The van der Waals surface area contributed by atoms with Gasteiger partial charge in [-0.25, -0.2) is 4.98 Å². The lowest BCUT2D eigenvalue weighted by atomic mass is 10.1. The van der Waals surface area contributed by atoms with E-state index in [1.54, 1.807) is 6.20 Å². The minimum Gasteiger partial charge on any atom is -0.369 e. The van der Waals surface area contributed by atoms with Crippen molar-refractivity contribution in [3.8, 4) is 6.07 Å². The van der Waals surface area contributed by atoms with Gasteiger partial charge >= 0.3 is 0 Å². The van der Waals surface area contributed by atoms with E-state index in [1.807, 2.05) is 27.1 Å². The highest BCUT2D eigenvalue weighted by Gasteiger charge is 2.05. The topological polar surface area (TPSA) is 52.0 Å². The summed E-state index contributed by atoms with van der Waals surface area (Å²) in [6.07, 6.45) is 2.76. The van der Waals surface area contributed by atoms with E-state index in [0.717, 1.165) is 25.1 Å². The van der Waals surface area contributed by atoms with E-state index in [4.69, 9.17) is 5.26 Å². The van der Waals surface area contributed by atoms with Crippen molar-refractivity contribution in [2.45, 2.75) is 13.3 Å². The molecule has 16 heavy (non-hydrogen) atoms. The number of hydrogen-bond acceptors (Lipinski definition) is 4. The quantitative estimate of drug-likeness (QED) is 0.763. The lowest BCUT2D eigenvalue weighted by molar-refractivity contribution is 0.405. The number of nitriles is 1. The van der Waals surface area contributed by atoms with Crippen molar-refractivity contribution >= 4 is 5.82 Å². The fraction of sp³-hybridized carbons (Fsp3) is 0.500. The standard InChI is InChI=1S/C12H18N4/c1-10-5-7-15-12(11(10)9-13)14-6-4-8-16(2)3/h5,7H,4,6,8H2,1-3H3,(H,14,15). The van der Waals surface area contributed by atoms with Gasteiger partial charge in [0.25, 0.3) is 0 Å². The Balaban J connectivity index is 2.54. The van der Waals surface area contributed by atoms with Crippen LogP contribution in [0, 0.1) is 18.3 Å². The monoisotopic (exact) mass is 218 g/mol. The maximum absolute atomic E-state index is 9.01. The van der Waals surface area contributed by atoms with Gasteiger partial charge in [-0.3, -0.25) is 0 Å². The van der Waals surface area contributed by atoms with Crippen LogP contribution in [-0.4, -0.2) is 37.1 Å². The summed E-state index contributed by atoms with van der Waals surface area (Å²) < 4.78 is 0. The van der Waals surface area contributed by atoms with Crippen molar-refractivity contribution in [1.82, 2.24) is 9.88 Å². The van der Waals surface area contributed by atoms with Crippen molar-refractivity contribution in [2.24, 2.45) is 0 Å². The zero-order valence-electron chi connectivity index (χ0n) is 10.1. The van der Waals surface area contributed by atoms with Crippen molar-refractivity contribution in [1.29, 1.82) is 5.26 Å². The number of aryl methyl sites for hydroxylation is 1. The van der Waals surface area contributed by atoms with Crippen LogP contribution in [0.5, 0.6) is 0 Å². The SMILES string of the molecule is Cc1ccnc(NCCCN(C)C)c1C#N. The second kappa shape index (κ2) is 6.09. The van der Waals surface area contributed by atoms with E-state index in [-0.39, 0.29) is 0 Å². The van der Waals surface area contributed by atoms with E-state index in [2.05, 4.69) is 21.3 Å². The molecule has 1 rings (SSSR count). The fourth-order valence-electron chi connectivity index (χ4n) is 1.44. The second-order valence-electron chi connectivity index (χ2n) is 4.05. The Labute approximate surface area is 96.9 Å². The average molecular weight is 218 g/mol. The molecular weight excluding hydrogens is 200 g/mol. The molecule has 1 heterocycles. The highest BCUT2D eigenvalue weighted by atomic mass is 15.1.